The van der Waals surface area contributed by atoms with Crippen LogP contribution in [0.25, 0.3) is 10.9 Å². The summed E-state index contributed by atoms with van der Waals surface area (Å²) < 4.78 is 0. The van der Waals surface area contributed by atoms with E-state index in [1.165, 1.54) is 0 Å². The van der Waals surface area contributed by atoms with E-state index in [-0.39, 0.29) is 11.9 Å². The summed E-state index contributed by atoms with van der Waals surface area (Å²) in [5.74, 6) is 0.119. The molecule has 2 aromatic rings. The Morgan fingerprint density at radius 1 is 1.37 bits per heavy atom. The minimum absolute atomic E-state index is 0.119. The number of amides is 1. The zero-order chi connectivity index (χ0) is 13.2. The molecule has 5 heteroatoms. The third-order valence-corrected chi connectivity index (χ3v) is 3.45. The van der Waals surface area contributed by atoms with Gasteiger partial charge in [-0.3, -0.25) is 9.78 Å². The van der Waals surface area contributed by atoms with Crippen LogP contribution in [-0.4, -0.2) is 23.5 Å². The van der Waals surface area contributed by atoms with E-state index >= 15 is 0 Å². The zero-order valence-corrected chi connectivity index (χ0v) is 10.5. The number of carbonyl (C=O) groups excluding carboxylic acids is 1. The van der Waals surface area contributed by atoms with Gasteiger partial charge in [0.15, 0.2) is 0 Å². The van der Waals surface area contributed by atoms with Crippen LogP contribution in [-0.2, 0) is 4.79 Å². The van der Waals surface area contributed by atoms with Gasteiger partial charge in [-0.05, 0) is 30.7 Å². The van der Waals surface area contributed by atoms with Crippen molar-refractivity contribution in [3.05, 3.63) is 30.5 Å². The Morgan fingerprint density at radius 2 is 2.26 bits per heavy atom. The normalized spacial score (nSPS) is 19.2. The molecule has 4 N–H and O–H groups in total. The summed E-state index contributed by atoms with van der Waals surface area (Å²) in [4.78, 5) is 15.4. The number of fused-ring (bicyclic) bond motifs is 1. The van der Waals surface area contributed by atoms with E-state index in [0.717, 1.165) is 23.0 Å². The first-order valence-electron chi connectivity index (χ1n) is 6.40. The predicted molar refractivity (Wildman–Crippen MR) is 75.8 cm³/mol. The van der Waals surface area contributed by atoms with Gasteiger partial charge in [-0.15, -0.1) is 0 Å². The first-order chi connectivity index (χ1) is 9.24. The van der Waals surface area contributed by atoms with E-state index < -0.39 is 0 Å². The number of nitrogens with two attached hydrogens (primary N) is 1. The Morgan fingerprint density at radius 3 is 3.05 bits per heavy atom. The van der Waals surface area contributed by atoms with E-state index in [1.54, 1.807) is 6.20 Å². The van der Waals surface area contributed by atoms with Crippen LogP contribution >= 0.6 is 0 Å². The van der Waals surface area contributed by atoms with Gasteiger partial charge in [0.25, 0.3) is 0 Å². The number of anilines is 2. The lowest BCUT2D eigenvalue weighted by molar-refractivity contribution is -0.122. The second-order valence-electron chi connectivity index (χ2n) is 4.78. The lowest BCUT2D eigenvalue weighted by Crippen LogP contribution is -2.41. The van der Waals surface area contributed by atoms with Crippen LogP contribution in [0.3, 0.4) is 0 Å². The molecule has 1 aliphatic heterocycles. The maximum Gasteiger partial charge on any atom is 0.220 e. The van der Waals surface area contributed by atoms with Gasteiger partial charge in [0.05, 0.1) is 16.9 Å². The van der Waals surface area contributed by atoms with Gasteiger partial charge >= 0.3 is 0 Å². The molecular formula is C14H16N4O. The first-order valence-corrected chi connectivity index (χ1v) is 6.40. The van der Waals surface area contributed by atoms with Crippen molar-refractivity contribution in [2.75, 3.05) is 17.6 Å². The van der Waals surface area contributed by atoms with Crippen LogP contribution in [0.1, 0.15) is 12.8 Å². The number of piperidine rings is 1. The Labute approximate surface area is 111 Å². The fourth-order valence-electron chi connectivity index (χ4n) is 2.38. The zero-order valence-electron chi connectivity index (χ0n) is 10.5. The topological polar surface area (TPSA) is 80.0 Å². The van der Waals surface area contributed by atoms with E-state index in [1.807, 2.05) is 24.3 Å². The lowest BCUT2D eigenvalue weighted by atomic mass is 10.1. The Bertz CT molecular complexity index is 616. The predicted octanol–water partition coefficient (Wildman–Crippen LogP) is 1.51. The van der Waals surface area contributed by atoms with Gasteiger partial charge in [0.2, 0.25) is 5.91 Å². The van der Waals surface area contributed by atoms with Crippen LogP contribution in [0.4, 0.5) is 11.4 Å². The molecule has 1 atom stereocenters. The molecule has 0 spiro atoms. The maximum absolute atomic E-state index is 11.1. The van der Waals surface area contributed by atoms with Crippen LogP contribution in [0.5, 0.6) is 0 Å². The fourth-order valence-corrected chi connectivity index (χ4v) is 2.38. The molecule has 1 aromatic carbocycles. The lowest BCUT2D eigenvalue weighted by Gasteiger charge is -2.25. The SMILES string of the molecule is Nc1c(NC2CCC(=O)NC2)ccc2ncccc12. The van der Waals surface area contributed by atoms with Crippen LogP contribution in [0, 0.1) is 0 Å². The summed E-state index contributed by atoms with van der Waals surface area (Å²) in [5, 5.41) is 7.20. The van der Waals surface area contributed by atoms with Gasteiger partial charge in [0.1, 0.15) is 0 Å². The van der Waals surface area contributed by atoms with Crippen molar-refractivity contribution in [3.8, 4) is 0 Å². The number of pyridine rings is 1. The number of carbonyl (C=O) groups is 1. The molecule has 3 rings (SSSR count). The molecule has 1 aliphatic rings. The molecule has 1 fully saturated rings. The number of nitrogens with one attached hydrogen (secondary N) is 2. The first kappa shape index (κ1) is 11.8. The molecule has 2 heterocycles. The van der Waals surface area contributed by atoms with E-state index in [9.17, 15) is 4.79 Å². The van der Waals surface area contributed by atoms with E-state index in [4.69, 9.17) is 5.73 Å². The molecule has 1 unspecified atom stereocenters. The number of hydrogen-bond acceptors (Lipinski definition) is 4. The van der Waals surface area contributed by atoms with Crippen molar-refractivity contribution >= 4 is 28.2 Å². The minimum Gasteiger partial charge on any atom is -0.397 e. The highest BCUT2D eigenvalue weighted by molar-refractivity contribution is 5.96. The highest BCUT2D eigenvalue weighted by Crippen LogP contribution is 2.28. The average Bonchev–Trinajstić information content (AvgIpc) is 2.45. The van der Waals surface area contributed by atoms with Crippen molar-refractivity contribution in [2.45, 2.75) is 18.9 Å². The molecule has 0 saturated carbocycles. The molecule has 0 bridgehead atoms. The highest BCUT2D eigenvalue weighted by atomic mass is 16.1. The van der Waals surface area contributed by atoms with Gasteiger partial charge in [-0.25, -0.2) is 0 Å². The molecule has 0 radical (unpaired) electrons. The van der Waals surface area contributed by atoms with Crippen LogP contribution in [0.2, 0.25) is 0 Å². The van der Waals surface area contributed by atoms with Crippen molar-refractivity contribution < 1.29 is 4.79 Å². The van der Waals surface area contributed by atoms with E-state index in [2.05, 4.69) is 15.6 Å². The number of nitrogens with zero attached hydrogens (tertiary/aromatic N) is 1. The Kier molecular flexibility index (Phi) is 2.95. The minimum atomic E-state index is 0.119. The molecular weight excluding hydrogens is 240 g/mol. The number of aromatic nitrogens is 1. The molecule has 1 saturated heterocycles. The quantitative estimate of drug-likeness (QED) is 0.711. The van der Waals surface area contributed by atoms with Crippen molar-refractivity contribution in [1.29, 1.82) is 0 Å². The molecule has 98 valence electrons. The third-order valence-electron chi connectivity index (χ3n) is 3.45. The standard InChI is InChI=1S/C14H16N4O/c15-14-10-2-1-7-16-11(10)4-5-12(14)18-9-3-6-13(19)17-8-9/h1-2,4-5,7,9,18H,3,6,8,15H2,(H,17,19). The smallest absolute Gasteiger partial charge is 0.220 e. The summed E-state index contributed by atoms with van der Waals surface area (Å²) in [6, 6.07) is 7.97. The Balaban J connectivity index is 1.85. The van der Waals surface area contributed by atoms with Crippen LogP contribution < -0.4 is 16.4 Å². The van der Waals surface area contributed by atoms with Gasteiger partial charge in [0, 0.05) is 30.6 Å². The number of nitrogen functional groups attached to an aromatic ring is 1. The second kappa shape index (κ2) is 4.76. The van der Waals surface area contributed by atoms with Gasteiger partial charge in [-0.1, -0.05) is 0 Å². The average molecular weight is 256 g/mol. The molecule has 1 amide bonds. The number of benzene rings is 1. The van der Waals surface area contributed by atoms with Crippen LogP contribution in [0.15, 0.2) is 30.5 Å². The van der Waals surface area contributed by atoms with E-state index in [0.29, 0.717) is 18.7 Å². The largest absolute Gasteiger partial charge is 0.397 e. The molecule has 5 nitrogen and oxygen atoms in total. The summed E-state index contributed by atoms with van der Waals surface area (Å²) in [6.45, 7) is 0.642. The summed E-state index contributed by atoms with van der Waals surface area (Å²) in [5.41, 5.74) is 8.68. The van der Waals surface area contributed by atoms with Gasteiger partial charge in [-0.2, -0.15) is 0 Å². The molecule has 1 aromatic heterocycles. The molecule has 19 heavy (non-hydrogen) atoms. The van der Waals surface area contributed by atoms with Crippen molar-refractivity contribution in [3.63, 3.8) is 0 Å². The highest BCUT2D eigenvalue weighted by Gasteiger charge is 2.18. The number of rotatable bonds is 2. The number of hydrogen-bond donors (Lipinski definition) is 3. The Hall–Kier alpha value is -2.30. The second-order valence-corrected chi connectivity index (χ2v) is 4.78. The van der Waals surface area contributed by atoms with Crippen molar-refractivity contribution in [1.82, 2.24) is 10.3 Å². The summed E-state index contributed by atoms with van der Waals surface area (Å²) in [7, 11) is 0. The monoisotopic (exact) mass is 256 g/mol. The molecule has 0 aliphatic carbocycles. The fraction of sp³-hybridized carbons (Fsp3) is 0.286. The third kappa shape index (κ3) is 2.31. The maximum atomic E-state index is 11.1. The van der Waals surface area contributed by atoms with Crippen molar-refractivity contribution in [2.24, 2.45) is 0 Å². The summed E-state index contributed by atoms with van der Waals surface area (Å²) in [6.07, 6.45) is 3.15. The summed E-state index contributed by atoms with van der Waals surface area (Å²) >= 11 is 0. The van der Waals surface area contributed by atoms with Gasteiger partial charge < -0.3 is 16.4 Å².